The Bertz CT molecular complexity index is 778. The molecule has 6 heteroatoms. The number of halogens is 3. The Balaban J connectivity index is 1.63. The van der Waals surface area contributed by atoms with Crippen molar-refractivity contribution in [2.75, 3.05) is 31.1 Å². The van der Waals surface area contributed by atoms with Gasteiger partial charge in [-0.2, -0.15) is 18.4 Å². The maximum Gasteiger partial charge on any atom is 0.416 e. The van der Waals surface area contributed by atoms with Crippen LogP contribution in [0.5, 0.6) is 0 Å². The van der Waals surface area contributed by atoms with E-state index in [0.717, 1.165) is 44.4 Å². The molecule has 0 aromatic heterocycles. The molecule has 0 atom stereocenters. The van der Waals surface area contributed by atoms with Gasteiger partial charge in [-0.3, -0.25) is 4.90 Å². The van der Waals surface area contributed by atoms with Crippen LogP contribution < -0.4 is 4.90 Å². The van der Waals surface area contributed by atoms with E-state index in [1.807, 2.05) is 12.1 Å². The molecule has 136 valence electrons. The summed E-state index contributed by atoms with van der Waals surface area (Å²) in [7, 11) is 0. The molecular formula is C20H20F3N3. The van der Waals surface area contributed by atoms with E-state index < -0.39 is 11.7 Å². The van der Waals surface area contributed by atoms with Gasteiger partial charge in [0.15, 0.2) is 0 Å². The fourth-order valence-corrected chi connectivity index (χ4v) is 3.24. The number of nitrogens with zero attached hydrogens (tertiary/aromatic N) is 3. The van der Waals surface area contributed by atoms with Crippen molar-refractivity contribution >= 4 is 5.69 Å². The first-order valence-electron chi connectivity index (χ1n) is 8.59. The van der Waals surface area contributed by atoms with Gasteiger partial charge in [0.05, 0.1) is 17.2 Å². The molecule has 1 fully saturated rings. The highest BCUT2D eigenvalue weighted by molar-refractivity contribution is 5.49. The highest BCUT2D eigenvalue weighted by atomic mass is 19.4. The van der Waals surface area contributed by atoms with Gasteiger partial charge in [0.2, 0.25) is 0 Å². The van der Waals surface area contributed by atoms with E-state index in [-0.39, 0.29) is 0 Å². The van der Waals surface area contributed by atoms with Crippen molar-refractivity contribution in [3.05, 3.63) is 65.2 Å². The second-order valence-electron chi connectivity index (χ2n) is 6.47. The van der Waals surface area contributed by atoms with Crippen molar-refractivity contribution in [2.24, 2.45) is 0 Å². The van der Waals surface area contributed by atoms with Crippen LogP contribution in [0.2, 0.25) is 0 Å². The van der Waals surface area contributed by atoms with Gasteiger partial charge >= 0.3 is 6.18 Å². The largest absolute Gasteiger partial charge is 0.416 e. The minimum atomic E-state index is -4.30. The summed E-state index contributed by atoms with van der Waals surface area (Å²) in [4.78, 5) is 4.45. The van der Waals surface area contributed by atoms with Crippen molar-refractivity contribution in [3.63, 3.8) is 0 Å². The van der Waals surface area contributed by atoms with Crippen molar-refractivity contribution < 1.29 is 13.2 Å². The Morgan fingerprint density at radius 3 is 2.42 bits per heavy atom. The summed E-state index contributed by atoms with van der Waals surface area (Å²) < 4.78 is 38.6. The highest BCUT2D eigenvalue weighted by Crippen LogP contribution is 2.30. The van der Waals surface area contributed by atoms with E-state index in [2.05, 4.69) is 15.9 Å². The van der Waals surface area contributed by atoms with Crippen molar-refractivity contribution in [3.8, 4) is 6.07 Å². The molecule has 0 N–H and O–H groups in total. The van der Waals surface area contributed by atoms with Crippen molar-refractivity contribution in [1.29, 1.82) is 5.26 Å². The fourth-order valence-electron chi connectivity index (χ4n) is 3.24. The SMILES string of the molecule is N#Cc1ccc(N2CCCN(Cc3cccc(C(F)(F)F)c3)CC2)cc1. The first-order chi connectivity index (χ1) is 12.5. The zero-order chi connectivity index (χ0) is 18.6. The zero-order valence-electron chi connectivity index (χ0n) is 14.3. The summed E-state index contributed by atoms with van der Waals surface area (Å²) >= 11 is 0. The molecule has 26 heavy (non-hydrogen) atoms. The molecular weight excluding hydrogens is 339 g/mol. The Morgan fingerprint density at radius 1 is 0.962 bits per heavy atom. The van der Waals surface area contributed by atoms with Crippen LogP contribution in [0.4, 0.5) is 18.9 Å². The molecule has 3 nitrogen and oxygen atoms in total. The van der Waals surface area contributed by atoms with E-state index in [4.69, 9.17) is 5.26 Å². The number of nitriles is 1. The topological polar surface area (TPSA) is 30.3 Å². The lowest BCUT2D eigenvalue weighted by Gasteiger charge is -2.24. The molecule has 1 saturated heterocycles. The Labute approximate surface area is 151 Å². The minimum Gasteiger partial charge on any atom is -0.370 e. The van der Waals surface area contributed by atoms with Gasteiger partial charge in [-0.25, -0.2) is 0 Å². The van der Waals surface area contributed by atoms with E-state index in [9.17, 15) is 13.2 Å². The summed E-state index contributed by atoms with van der Waals surface area (Å²) in [5.74, 6) is 0. The maximum atomic E-state index is 12.9. The van der Waals surface area contributed by atoms with Gasteiger partial charge in [0, 0.05) is 38.4 Å². The molecule has 0 amide bonds. The Morgan fingerprint density at radius 2 is 1.73 bits per heavy atom. The van der Waals surface area contributed by atoms with Gasteiger partial charge in [0.1, 0.15) is 0 Å². The predicted octanol–water partition coefficient (Wildman–Crippen LogP) is 4.29. The van der Waals surface area contributed by atoms with Crippen LogP contribution in [-0.4, -0.2) is 31.1 Å². The van der Waals surface area contributed by atoms with Gasteiger partial charge in [-0.05, 0) is 42.3 Å². The number of rotatable bonds is 3. The third kappa shape index (κ3) is 4.55. The lowest BCUT2D eigenvalue weighted by atomic mass is 10.1. The van der Waals surface area contributed by atoms with E-state index >= 15 is 0 Å². The first kappa shape index (κ1) is 18.3. The quantitative estimate of drug-likeness (QED) is 0.819. The van der Waals surface area contributed by atoms with E-state index in [1.165, 1.54) is 12.1 Å². The van der Waals surface area contributed by atoms with Crippen LogP contribution >= 0.6 is 0 Å². The molecule has 3 rings (SSSR count). The van der Waals surface area contributed by atoms with Gasteiger partial charge in [-0.15, -0.1) is 0 Å². The summed E-state index contributed by atoms with van der Waals surface area (Å²) in [6.07, 6.45) is -3.36. The molecule has 2 aromatic carbocycles. The monoisotopic (exact) mass is 359 g/mol. The number of benzene rings is 2. The summed E-state index contributed by atoms with van der Waals surface area (Å²) in [5.41, 5.74) is 1.80. The molecule has 1 aliphatic heterocycles. The van der Waals surface area contributed by atoms with Gasteiger partial charge in [0.25, 0.3) is 0 Å². The molecule has 0 bridgehead atoms. The average Bonchev–Trinajstić information content (AvgIpc) is 2.87. The van der Waals surface area contributed by atoms with Crippen LogP contribution in [0.3, 0.4) is 0 Å². The number of hydrogen-bond donors (Lipinski definition) is 0. The standard InChI is InChI=1S/C20H20F3N3/c21-20(22,23)18-4-1-3-17(13-18)15-25-9-2-10-26(12-11-25)19-7-5-16(14-24)6-8-19/h1,3-8,13H,2,9-12,15H2. The smallest absolute Gasteiger partial charge is 0.370 e. The average molecular weight is 359 g/mol. The minimum absolute atomic E-state index is 0.519. The summed E-state index contributed by atoms with van der Waals surface area (Å²) in [6.45, 7) is 3.86. The van der Waals surface area contributed by atoms with Crippen LogP contribution in [0.25, 0.3) is 0 Å². The molecule has 0 aliphatic carbocycles. The second kappa shape index (κ2) is 7.79. The maximum absolute atomic E-state index is 12.9. The predicted molar refractivity (Wildman–Crippen MR) is 94.7 cm³/mol. The molecule has 0 spiro atoms. The highest BCUT2D eigenvalue weighted by Gasteiger charge is 2.30. The van der Waals surface area contributed by atoms with Gasteiger partial charge < -0.3 is 4.90 Å². The van der Waals surface area contributed by atoms with Gasteiger partial charge in [-0.1, -0.05) is 18.2 Å². The first-order valence-corrected chi connectivity index (χ1v) is 8.59. The number of hydrogen-bond acceptors (Lipinski definition) is 3. The third-order valence-corrected chi connectivity index (χ3v) is 4.61. The molecule has 0 saturated carbocycles. The third-order valence-electron chi connectivity index (χ3n) is 4.61. The Kier molecular flexibility index (Phi) is 5.48. The molecule has 1 aliphatic rings. The van der Waals surface area contributed by atoms with Crippen LogP contribution in [-0.2, 0) is 12.7 Å². The molecule has 1 heterocycles. The summed E-state index contributed by atoms with van der Waals surface area (Å²) in [5, 5.41) is 8.89. The molecule has 0 unspecified atom stereocenters. The van der Waals surface area contributed by atoms with Crippen LogP contribution in [0.15, 0.2) is 48.5 Å². The second-order valence-corrected chi connectivity index (χ2v) is 6.47. The zero-order valence-corrected chi connectivity index (χ0v) is 14.3. The van der Waals surface area contributed by atoms with Crippen LogP contribution in [0.1, 0.15) is 23.1 Å². The number of alkyl halides is 3. The lowest BCUT2D eigenvalue weighted by molar-refractivity contribution is -0.137. The number of anilines is 1. The van der Waals surface area contributed by atoms with Crippen molar-refractivity contribution in [1.82, 2.24) is 4.90 Å². The van der Waals surface area contributed by atoms with Crippen molar-refractivity contribution in [2.45, 2.75) is 19.1 Å². The van der Waals surface area contributed by atoms with E-state index in [0.29, 0.717) is 17.7 Å². The molecule has 2 aromatic rings. The normalized spacial score (nSPS) is 16.2. The van der Waals surface area contributed by atoms with Crippen LogP contribution in [0, 0.1) is 11.3 Å². The lowest BCUT2D eigenvalue weighted by Crippen LogP contribution is -2.30. The fraction of sp³-hybridized carbons (Fsp3) is 0.350. The van der Waals surface area contributed by atoms with E-state index in [1.54, 1.807) is 18.2 Å². The Hall–Kier alpha value is -2.52. The molecule has 0 radical (unpaired) electrons. The summed E-state index contributed by atoms with van der Waals surface area (Å²) in [6, 6.07) is 15.2.